The smallest absolute Gasteiger partial charge is 0.339 e. The zero-order chi connectivity index (χ0) is 12.1. The summed E-state index contributed by atoms with van der Waals surface area (Å²) in [6, 6.07) is 4.91. The molecule has 0 saturated carbocycles. The molecule has 0 spiro atoms. The zero-order valence-electron chi connectivity index (χ0n) is 9.07. The van der Waals surface area contributed by atoms with Crippen molar-refractivity contribution in [3.8, 4) is 5.75 Å². The number of esters is 1. The highest BCUT2D eigenvalue weighted by Crippen LogP contribution is 2.28. The molecular formula is C11H13BrO4. The summed E-state index contributed by atoms with van der Waals surface area (Å²) in [6.07, 6.45) is -1.26. The molecule has 0 bridgehead atoms. The molecule has 5 heteroatoms. The summed E-state index contributed by atoms with van der Waals surface area (Å²) in [5.41, 5.74) is 0.464. The van der Waals surface area contributed by atoms with E-state index < -0.39 is 12.1 Å². The number of methoxy groups -OCH3 is 1. The van der Waals surface area contributed by atoms with Gasteiger partial charge in [-0.25, -0.2) is 4.79 Å². The molecular weight excluding hydrogens is 276 g/mol. The normalized spacial score (nSPS) is 12.0. The number of carbonyl (C=O) groups is 1. The number of rotatable bonds is 4. The van der Waals surface area contributed by atoms with Crippen LogP contribution in [0.4, 0.5) is 0 Å². The molecule has 0 amide bonds. The van der Waals surface area contributed by atoms with Crippen LogP contribution in [0.2, 0.25) is 0 Å². The SMILES string of the molecule is CCOC(=O)C(O)c1ccc(OC)c(Br)c1. The van der Waals surface area contributed by atoms with Crippen LogP contribution in [0.1, 0.15) is 18.6 Å². The van der Waals surface area contributed by atoms with Crippen molar-refractivity contribution in [2.45, 2.75) is 13.0 Å². The maximum Gasteiger partial charge on any atom is 0.339 e. The fraction of sp³-hybridized carbons (Fsp3) is 0.364. The van der Waals surface area contributed by atoms with Crippen molar-refractivity contribution >= 4 is 21.9 Å². The lowest BCUT2D eigenvalue weighted by molar-refractivity contribution is -0.153. The zero-order valence-corrected chi connectivity index (χ0v) is 10.7. The summed E-state index contributed by atoms with van der Waals surface area (Å²) in [5, 5.41) is 9.67. The van der Waals surface area contributed by atoms with E-state index in [9.17, 15) is 9.90 Å². The van der Waals surface area contributed by atoms with Gasteiger partial charge in [-0.1, -0.05) is 6.07 Å². The van der Waals surface area contributed by atoms with Crippen LogP contribution in [-0.4, -0.2) is 24.8 Å². The van der Waals surface area contributed by atoms with Gasteiger partial charge in [0, 0.05) is 0 Å². The van der Waals surface area contributed by atoms with Gasteiger partial charge in [-0.3, -0.25) is 0 Å². The van der Waals surface area contributed by atoms with E-state index in [-0.39, 0.29) is 6.61 Å². The van der Waals surface area contributed by atoms with Crippen molar-refractivity contribution < 1.29 is 19.4 Å². The maximum absolute atomic E-state index is 11.3. The Labute approximate surface area is 102 Å². The lowest BCUT2D eigenvalue weighted by Crippen LogP contribution is -2.15. The molecule has 1 N–H and O–H groups in total. The molecule has 16 heavy (non-hydrogen) atoms. The largest absolute Gasteiger partial charge is 0.496 e. The predicted octanol–water partition coefficient (Wildman–Crippen LogP) is 2.05. The molecule has 4 nitrogen and oxygen atoms in total. The van der Waals surface area contributed by atoms with Crippen LogP contribution in [0.5, 0.6) is 5.75 Å². The first-order valence-electron chi connectivity index (χ1n) is 4.78. The number of hydrogen-bond acceptors (Lipinski definition) is 4. The van der Waals surface area contributed by atoms with E-state index in [0.29, 0.717) is 15.8 Å². The van der Waals surface area contributed by atoms with Crippen molar-refractivity contribution in [3.05, 3.63) is 28.2 Å². The van der Waals surface area contributed by atoms with Crippen molar-refractivity contribution in [1.82, 2.24) is 0 Å². The highest BCUT2D eigenvalue weighted by molar-refractivity contribution is 9.10. The standard InChI is InChI=1S/C11H13BrO4/c1-3-16-11(14)10(13)7-4-5-9(15-2)8(12)6-7/h4-6,10,13H,3H2,1-2H3. The summed E-state index contributed by atoms with van der Waals surface area (Å²) in [5.74, 6) is -0.0145. The third-order valence-electron chi connectivity index (χ3n) is 2.00. The fourth-order valence-electron chi connectivity index (χ4n) is 1.21. The van der Waals surface area contributed by atoms with Crippen LogP contribution in [0.25, 0.3) is 0 Å². The Balaban J connectivity index is 2.88. The Hall–Kier alpha value is -1.07. The molecule has 0 fully saturated rings. The Morgan fingerprint density at radius 1 is 1.56 bits per heavy atom. The van der Waals surface area contributed by atoms with E-state index in [1.165, 1.54) is 0 Å². The quantitative estimate of drug-likeness (QED) is 0.862. The first-order valence-corrected chi connectivity index (χ1v) is 5.57. The molecule has 0 aliphatic carbocycles. The number of hydrogen-bond donors (Lipinski definition) is 1. The van der Waals surface area contributed by atoms with Gasteiger partial charge in [0.1, 0.15) is 5.75 Å². The molecule has 0 saturated heterocycles. The Kier molecular flexibility index (Phi) is 4.76. The summed E-state index contributed by atoms with van der Waals surface area (Å²) in [7, 11) is 1.54. The van der Waals surface area contributed by atoms with Crippen LogP contribution in [0.15, 0.2) is 22.7 Å². The summed E-state index contributed by atoms with van der Waals surface area (Å²) >= 11 is 3.28. The Morgan fingerprint density at radius 2 is 2.25 bits per heavy atom. The number of carbonyl (C=O) groups excluding carboxylic acids is 1. The number of benzene rings is 1. The molecule has 0 radical (unpaired) electrons. The second-order valence-corrected chi connectivity index (χ2v) is 3.90. The van der Waals surface area contributed by atoms with Crippen LogP contribution >= 0.6 is 15.9 Å². The molecule has 1 aromatic carbocycles. The first-order chi connectivity index (χ1) is 7.60. The van der Waals surface area contributed by atoms with E-state index in [1.807, 2.05) is 0 Å². The first kappa shape index (κ1) is 13.0. The van der Waals surface area contributed by atoms with Gasteiger partial charge in [0.05, 0.1) is 18.2 Å². The summed E-state index contributed by atoms with van der Waals surface area (Å²) in [6.45, 7) is 1.93. The second kappa shape index (κ2) is 5.86. The number of ether oxygens (including phenoxy) is 2. The lowest BCUT2D eigenvalue weighted by atomic mass is 10.1. The minimum absolute atomic E-state index is 0.243. The molecule has 0 aliphatic heterocycles. The third-order valence-corrected chi connectivity index (χ3v) is 2.62. The van der Waals surface area contributed by atoms with Gasteiger partial charge in [0.25, 0.3) is 0 Å². The van der Waals surface area contributed by atoms with Crippen LogP contribution in [-0.2, 0) is 9.53 Å². The molecule has 88 valence electrons. The van der Waals surface area contributed by atoms with Gasteiger partial charge >= 0.3 is 5.97 Å². The van der Waals surface area contributed by atoms with E-state index in [2.05, 4.69) is 15.9 Å². The highest BCUT2D eigenvalue weighted by Gasteiger charge is 2.19. The summed E-state index contributed by atoms with van der Waals surface area (Å²) < 4.78 is 10.4. The minimum Gasteiger partial charge on any atom is -0.496 e. The van der Waals surface area contributed by atoms with E-state index in [1.54, 1.807) is 32.2 Å². The average molecular weight is 289 g/mol. The number of aliphatic hydroxyl groups is 1. The van der Waals surface area contributed by atoms with Gasteiger partial charge in [0.15, 0.2) is 6.10 Å². The molecule has 0 aromatic heterocycles. The molecule has 1 rings (SSSR count). The molecule has 0 aliphatic rings. The highest BCUT2D eigenvalue weighted by atomic mass is 79.9. The van der Waals surface area contributed by atoms with Gasteiger partial charge in [0.2, 0.25) is 0 Å². The van der Waals surface area contributed by atoms with Crippen molar-refractivity contribution in [1.29, 1.82) is 0 Å². The maximum atomic E-state index is 11.3. The Bertz CT molecular complexity index is 378. The van der Waals surface area contributed by atoms with Crippen LogP contribution < -0.4 is 4.74 Å². The minimum atomic E-state index is -1.26. The van der Waals surface area contributed by atoms with E-state index >= 15 is 0 Å². The van der Waals surface area contributed by atoms with E-state index in [4.69, 9.17) is 9.47 Å². The number of aliphatic hydroxyl groups excluding tert-OH is 1. The van der Waals surface area contributed by atoms with Crippen molar-refractivity contribution in [2.24, 2.45) is 0 Å². The van der Waals surface area contributed by atoms with Gasteiger partial charge in [-0.05, 0) is 40.5 Å². The predicted molar refractivity (Wildman–Crippen MR) is 62.3 cm³/mol. The molecule has 1 aromatic rings. The topological polar surface area (TPSA) is 55.8 Å². The van der Waals surface area contributed by atoms with Crippen molar-refractivity contribution in [3.63, 3.8) is 0 Å². The molecule has 1 atom stereocenters. The van der Waals surface area contributed by atoms with Gasteiger partial charge in [-0.15, -0.1) is 0 Å². The molecule has 1 unspecified atom stereocenters. The van der Waals surface area contributed by atoms with Crippen molar-refractivity contribution in [2.75, 3.05) is 13.7 Å². The summed E-state index contributed by atoms with van der Waals surface area (Å²) in [4.78, 5) is 11.3. The van der Waals surface area contributed by atoms with Crippen LogP contribution in [0, 0.1) is 0 Å². The fourth-order valence-corrected chi connectivity index (χ4v) is 1.77. The monoisotopic (exact) mass is 288 g/mol. The van der Waals surface area contributed by atoms with E-state index in [0.717, 1.165) is 0 Å². The third kappa shape index (κ3) is 2.96. The average Bonchev–Trinajstić information content (AvgIpc) is 2.28. The van der Waals surface area contributed by atoms with Crippen LogP contribution in [0.3, 0.4) is 0 Å². The second-order valence-electron chi connectivity index (χ2n) is 3.05. The molecule has 0 heterocycles. The van der Waals surface area contributed by atoms with Gasteiger partial charge in [-0.2, -0.15) is 0 Å². The Morgan fingerprint density at radius 3 is 2.75 bits per heavy atom. The lowest BCUT2D eigenvalue weighted by Gasteiger charge is -2.11. The van der Waals surface area contributed by atoms with Gasteiger partial charge < -0.3 is 14.6 Å². The number of halogens is 1.